The Bertz CT molecular complexity index is 607. The van der Waals surface area contributed by atoms with Crippen molar-refractivity contribution in [1.29, 1.82) is 0 Å². The van der Waals surface area contributed by atoms with E-state index < -0.39 is 12.6 Å². The standard InChI is InChI=1S/C18H26ClF3N4O/c1-2-23-17(24-8-7-18(20,21)22)25-13-16(26-9-11-27-12-10-26)14-5-3-4-6-15(14)19/h3-6,16H,2,7-13H2,1H3,(H2,23,24,25). The predicted molar refractivity (Wildman–Crippen MR) is 101 cm³/mol. The first-order valence-corrected chi connectivity index (χ1v) is 9.43. The molecule has 1 atom stereocenters. The number of morpholine rings is 1. The molecule has 0 amide bonds. The molecule has 1 heterocycles. The summed E-state index contributed by atoms with van der Waals surface area (Å²) in [7, 11) is 0. The topological polar surface area (TPSA) is 48.9 Å². The molecular weight excluding hydrogens is 381 g/mol. The van der Waals surface area contributed by atoms with Crippen molar-refractivity contribution in [2.45, 2.75) is 25.6 Å². The molecule has 0 aromatic heterocycles. The van der Waals surface area contributed by atoms with E-state index in [0.717, 1.165) is 18.7 Å². The molecule has 1 aromatic rings. The molecule has 0 spiro atoms. The van der Waals surface area contributed by atoms with Crippen LogP contribution in [0.15, 0.2) is 29.3 Å². The van der Waals surface area contributed by atoms with Gasteiger partial charge in [0, 0.05) is 31.2 Å². The molecule has 5 nitrogen and oxygen atoms in total. The third kappa shape index (κ3) is 7.56. The summed E-state index contributed by atoms with van der Waals surface area (Å²) in [6.45, 7) is 5.37. The van der Waals surface area contributed by atoms with Gasteiger partial charge in [0.25, 0.3) is 0 Å². The number of hydrogen-bond donors (Lipinski definition) is 2. The van der Waals surface area contributed by atoms with E-state index in [4.69, 9.17) is 16.3 Å². The van der Waals surface area contributed by atoms with Crippen LogP contribution < -0.4 is 10.6 Å². The van der Waals surface area contributed by atoms with Crippen molar-refractivity contribution in [3.05, 3.63) is 34.9 Å². The fraction of sp³-hybridized carbons (Fsp3) is 0.611. The van der Waals surface area contributed by atoms with E-state index in [1.165, 1.54) is 0 Å². The number of nitrogens with zero attached hydrogens (tertiary/aromatic N) is 2. The van der Waals surface area contributed by atoms with Crippen LogP contribution in [0, 0.1) is 0 Å². The van der Waals surface area contributed by atoms with Gasteiger partial charge in [-0.1, -0.05) is 29.8 Å². The lowest BCUT2D eigenvalue weighted by molar-refractivity contribution is -0.132. The predicted octanol–water partition coefficient (Wildman–Crippen LogP) is 3.22. The first kappa shape index (κ1) is 21.8. The Morgan fingerprint density at radius 3 is 2.59 bits per heavy atom. The van der Waals surface area contributed by atoms with E-state index in [-0.39, 0.29) is 12.6 Å². The number of benzene rings is 1. The Balaban J connectivity index is 2.11. The van der Waals surface area contributed by atoms with Crippen LogP contribution in [0.25, 0.3) is 0 Å². The lowest BCUT2D eigenvalue weighted by Gasteiger charge is -2.34. The third-order valence-electron chi connectivity index (χ3n) is 4.22. The second-order valence-electron chi connectivity index (χ2n) is 6.20. The largest absolute Gasteiger partial charge is 0.390 e. The molecule has 1 unspecified atom stereocenters. The summed E-state index contributed by atoms with van der Waals surface area (Å²) in [6.07, 6.45) is -5.10. The van der Waals surface area contributed by atoms with Gasteiger partial charge in [0.15, 0.2) is 5.96 Å². The Morgan fingerprint density at radius 2 is 1.96 bits per heavy atom. The molecule has 1 aliphatic heterocycles. The number of hydrogen-bond acceptors (Lipinski definition) is 3. The molecular formula is C18H26ClF3N4O. The number of alkyl halides is 3. The highest BCUT2D eigenvalue weighted by Gasteiger charge is 2.27. The Labute approximate surface area is 162 Å². The van der Waals surface area contributed by atoms with Gasteiger partial charge in [-0.15, -0.1) is 0 Å². The monoisotopic (exact) mass is 406 g/mol. The van der Waals surface area contributed by atoms with Crippen molar-refractivity contribution in [2.75, 3.05) is 45.9 Å². The fourth-order valence-corrected chi connectivity index (χ4v) is 3.15. The number of halogens is 4. The van der Waals surface area contributed by atoms with Gasteiger partial charge in [-0.2, -0.15) is 13.2 Å². The van der Waals surface area contributed by atoms with Gasteiger partial charge < -0.3 is 15.4 Å². The lowest BCUT2D eigenvalue weighted by Crippen LogP contribution is -2.42. The Morgan fingerprint density at radius 1 is 1.26 bits per heavy atom. The van der Waals surface area contributed by atoms with Gasteiger partial charge in [-0.3, -0.25) is 9.89 Å². The number of aliphatic imine (C=N–C) groups is 1. The van der Waals surface area contributed by atoms with Crippen molar-refractivity contribution < 1.29 is 17.9 Å². The highest BCUT2D eigenvalue weighted by atomic mass is 35.5. The van der Waals surface area contributed by atoms with Crippen molar-refractivity contribution in [3.63, 3.8) is 0 Å². The van der Waals surface area contributed by atoms with Gasteiger partial charge >= 0.3 is 6.18 Å². The first-order chi connectivity index (χ1) is 12.9. The summed E-state index contributed by atoms with van der Waals surface area (Å²) < 4.78 is 42.6. The molecule has 0 aliphatic carbocycles. The number of nitrogens with one attached hydrogen (secondary N) is 2. The zero-order chi connectivity index (χ0) is 19.7. The number of guanidine groups is 1. The minimum atomic E-state index is -4.20. The summed E-state index contributed by atoms with van der Waals surface area (Å²) in [5.41, 5.74) is 0.955. The lowest BCUT2D eigenvalue weighted by atomic mass is 10.0. The van der Waals surface area contributed by atoms with E-state index in [0.29, 0.717) is 37.3 Å². The molecule has 2 rings (SSSR count). The minimum absolute atomic E-state index is 0.0688. The summed E-state index contributed by atoms with van der Waals surface area (Å²) in [6, 6.07) is 7.52. The van der Waals surface area contributed by atoms with Crippen molar-refractivity contribution in [2.24, 2.45) is 4.99 Å². The molecule has 27 heavy (non-hydrogen) atoms. The molecule has 9 heteroatoms. The fourth-order valence-electron chi connectivity index (χ4n) is 2.89. The number of ether oxygens (including phenoxy) is 1. The van der Waals surface area contributed by atoms with E-state index in [9.17, 15) is 13.2 Å². The highest BCUT2D eigenvalue weighted by Crippen LogP contribution is 2.28. The maximum Gasteiger partial charge on any atom is 0.390 e. The Hall–Kier alpha value is -1.51. The minimum Gasteiger partial charge on any atom is -0.379 e. The van der Waals surface area contributed by atoms with Crippen LogP contribution in [0.2, 0.25) is 5.02 Å². The summed E-state index contributed by atoms with van der Waals surface area (Å²) in [5, 5.41) is 6.38. The third-order valence-corrected chi connectivity index (χ3v) is 4.56. The molecule has 1 aromatic carbocycles. The average Bonchev–Trinajstić information content (AvgIpc) is 2.63. The summed E-state index contributed by atoms with van der Waals surface area (Å²) in [5.74, 6) is 0.368. The maximum atomic E-state index is 12.4. The molecule has 2 N–H and O–H groups in total. The van der Waals surface area contributed by atoms with E-state index in [1.54, 1.807) is 0 Å². The van der Waals surface area contributed by atoms with E-state index in [1.807, 2.05) is 31.2 Å². The summed E-state index contributed by atoms with van der Waals surface area (Å²) in [4.78, 5) is 6.76. The van der Waals surface area contributed by atoms with Crippen molar-refractivity contribution in [3.8, 4) is 0 Å². The SMILES string of the molecule is CCNC(=NCC(c1ccccc1Cl)N1CCOCC1)NCCC(F)(F)F. The Kier molecular flexibility index (Phi) is 8.66. The zero-order valence-corrected chi connectivity index (χ0v) is 16.1. The van der Waals surface area contributed by atoms with Crippen LogP contribution in [-0.4, -0.2) is 63.0 Å². The van der Waals surface area contributed by atoms with Crippen LogP contribution in [0.3, 0.4) is 0 Å². The van der Waals surface area contributed by atoms with Crippen LogP contribution in [0.4, 0.5) is 13.2 Å². The zero-order valence-electron chi connectivity index (χ0n) is 15.4. The highest BCUT2D eigenvalue weighted by molar-refractivity contribution is 6.31. The molecule has 1 aliphatic rings. The van der Waals surface area contributed by atoms with Gasteiger partial charge in [-0.05, 0) is 18.6 Å². The molecule has 0 bridgehead atoms. The number of rotatable bonds is 7. The smallest absolute Gasteiger partial charge is 0.379 e. The second-order valence-corrected chi connectivity index (χ2v) is 6.60. The van der Waals surface area contributed by atoms with Crippen LogP contribution in [-0.2, 0) is 4.74 Å². The van der Waals surface area contributed by atoms with Crippen LogP contribution in [0.1, 0.15) is 24.9 Å². The van der Waals surface area contributed by atoms with Crippen LogP contribution in [0.5, 0.6) is 0 Å². The van der Waals surface area contributed by atoms with Gasteiger partial charge in [0.2, 0.25) is 0 Å². The van der Waals surface area contributed by atoms with E-state index in [2.05, 4.69) is 20.5 Å². The van der Waals surface area contributed by atoms with Gasteiger partial charge in [-0.25, -0.2) is 0 Å². The molecule has 0 saturated carbocycles. The van der Waals surface area contributed by atoms with E-state index >= 15 is 0 Å². The molecule has 1 saturated heterocycles. The van der Waals surface area contributed by atoms with Crippen LogP contribution >= 0.6 is 11.6 Å². The average molecular weight is 407 g/mol. The molecule has 1 fully saturated rings. The quantitative estimate of drug-likeness (QED) is 0.539. The maximum absolute atomic E-state index is 12.4. The first-order valence-electron chi connectivity index (χ1n) is 9.06. The van der Waals surface area contributed by atoms with Crippen molar-refractivity contribution in [1.82, 2.24) is 15.5 Å². The molecule has 152 valence electrons. The second kappa shape index (κ2) is 10.7. The normalized spacial score (nSPS) is 17.6. The van der Waals surface area contributed by atoms with Gasteiger partial charge in [0.1, 0.15) is 0 Å². The summed E-state index contributed by atoms with van der Waals surface area (Å²) >= 11 is 6.39. The van der Waals surface area contributed by atoms with Gasteiger partial charge in [0.05, 0.1) is 32.2 Å². The van der Waals surface area contributed by atoms with Crippen molar-refractivity contribution >= 4 is 17.6 Å². The molecule has 0 radical (unpaired) electrons.